The van der Waals surface area contributed by atoms with Gasteiger partial charge in [-0.25, -0.2) is 9.18 Å². The van der Waals surface area contributed by atoms with E-state index in [1.54, 1.807) is 0 Å². The van der Waals surface area contributed by atoms with Crippen LogP contribution in [0.5, 0.6) is 5.75 Å². The van der Waals surface area contributed by atoms with E-state index >= 15 is 0 Å². The minimum atomic E-state index is -1.16. The van der Waals surface area contributed by atoms with Crippen LogP contribution in [0.15, 0.2) is 18.2 Å². The van der Waals surface area contributed by atoms with Crippen LogP contribution in [0.4, 0.5) is 14.9 Å². The van der Waals surface area contributed by atoms with Gasteiger partial charge in [-0.05, 0) is 19.1 Å². The Bertz CT molecular complexity index is 464. The van der Waals surface area contributed by atoms with Crippen molar-refractivity contribution in [2.24, 2.45) is 0 Å². The number of rotatable bonds is 4. The van der Waals surface area contributed by atoms with Gasteiger partial charge in [0.05, 0.1) is 7.11 Å². The third-order valence-corrected chi connectivity index (χ3v) is 2.13. The summed E-state index contributed by atoms with van der Waals surface area (Å²) in [5.41, 5.74) is 0.198. The number of hydrogen-bond donors (Lipinski definition) is 3. The molecule has 0 bridgehead atoms. The smallest absolute Gasteiger partial charge is 0.325 e. The molecule has 0 spiro atoms. The molecule has 0 aliphatic carbocycles. The van der Waals surface area contributed by atoms with E-state index in [1.165, 1.54) is 26.2 Å². The van der Waals surface area contributed by atoms with Crippen molar-refractivity contribution in [3.8, 4) is 5.75 Å². The normalized spacial score (nSPS) is 11.5. The first-order valence-corrected chi connectivity index (χ1v) is 5.08. The van der Waals surface area contributed by atoms with Gasteiger partial charge in [0, 0.05) is 11.8 Å². The van der Waals surface area contributed by atoms with E-state index in [1.807, 2.05) is 0 Å². The molecule has 0 radical (unpaired) electrons. The van der Waals surface area contributed by atoms with E-state index in [2.05, 4.69) is 10.6 Å². The monoisotopic (exact) mass is 256 g/mol. The summed E-state index contributed by atoms with van der Waals surface area (Å²) in [5.74, 6) is -1.73. The van der Waals surface area contributed by atoms with Gasteiger partial charge < -0.3 is 20.5 Å². The van der Waals surface area contributed by atoms with Crippen LogP contribution >= 0.6 is 0 Å². The van der Waals surface area contributed by atoms with Gasteiger partial charge in [-0.15, -0.1) is 0 Å². The molecule has 1 unspecified atom stereocenters. The average molecular weight is 256 g/mol. The Balaban J connectivity index is 2.65. The highest BCUT2D eigenvalue weighted by atomic mass is 19.1. The summed E-state index contributed by atoms with van der Waals surface area (Å²) < 4.78 is 18.0. The van der Waals surface area contributed by atoms with E-state index < -0.39 is 23.9 Å². The average Bonchev–Trinajstić information content (AvgIpc) is 2.28. The number of amides is 2. The van der Waals surface area contributed by atoms with E-state index in [4.69, 9.17) is 9.84 Å². The second-order valence-electron chi connectivity index (χ2n) is 3.51. The summed E-state index contributed by atoms with van der Waals surface area (Å²) in [5, 5.41) is 13.1. The van der Waals surface area contributed by atoms with E-state index in [0.717, 1.165) is 6.07 Å². The minimum Gasteiger partial charge on any atom is -0.494 e. The van der Waals surface area contributed by atoms with Crippen LogP contribution in [0.25, 0.3) is 0 Å². The Morgan fingerprint density at radius 3 is 2.61 bits per heavy atom. The van der Waals surface area contributed by atoms with Crippen molar-refractivity contribution in [2.75, 3.05) is 12.4 Å². The number of carbonyl (C=O) groups is 2. The van der Waals surface area contributed by atoms with Gasteiger partial charge in [0.2, 0.25) is 0 Å². The van der Waals surface area contributed by atoms with Gasteiger partial charge in [0.1, 0.15) is 6.04 Å². The molecule has 0 aromatic heterocycles. The molecule has 3 N–H and O–H groups in total. The lowest BCUT2D eigenvalue weighted by Gasteiger charge is -2.11. The number of carboxylic acids is 1. The zero-order valence-electron chi connectivity index (χ0n) is 9.86. The Labute approximate surface area is 103 Å². The fraction of sp³-hybridized carbons (Fsp3) is 0.273. The summed E-state index contributed by atoms with van der Waals surface area (Å²) in [6, 6.07) is 2.10. The first-order valence-electron chi connectivity index (χ1n) is 5.08. The van der Waals surface area contributed by atoms with Crippen LogP contribution < -0.4 is 15.4 Å². The molecule has 0 aliphatic rings. The van der Waals surface area contributed by atoms with Crippen molar-refractivity contribution in [3.63, 3.8) is 0 Å². The van der Waals surface area contributed by atoms with Crippen LogP contribution in [-0.4, -0.2) is 30.3 Å². The molecule has 1 rings (SSSR count). The topological polar surface area (TPSA) is 87.7 Å². The number of aliphatic carboxylic acids is 1. The quantitative estimate of drug-likeness (QED) is 0.760. The Morgan fingerprint density at radius 1 is 1.44 bits per heavy atom. The molecule has 0 fully saturated rings. The molecule has 0 saturated carbocycles. The number of nitrogens with one attached hydrogen (secondary N) is 2. The zero-order valence-corrected chi connectivity index (χ0v) is 9.86. The first kappa shape index (κ1) is 13.8. The largest absolute Gasteiger partial charge is 0.494 e. The first-order chi connectivity index (χ1) is 8.43. The molecule has 18 heavy (non-hydrogen) atoms. The summed E-state index contributed by atoms with van der Waals surface area (Å²) >= 11 is 0. The number of methoxy groups -OCH3 is 1. The van der Waals surface area contributed by atoms with Crippen LogP contribution in [0.1, 0.15) is 6.92 Å². The number of benzene rings is 1. The zero-order chi connectivity index (χ0) is 13.7. The van der Waals surface area contributed by atoms with Crippen molar-refractivity contribution in [1.82, 2.24) is 5.32 Å². The van der Waals surface area contributed by atoms with Gasteiger partial charge >= 0.3 is 12.0 Å². The third kappa shape index (κ3) is 3.62. The second kappa shape index (κ2) is 5.85. The van der Waals surface area contributed by atoms with Crippen molar-refractivity contribution in [1.29, 1.82) is 0 Å². The molecule has 98 valence electrons. The van der Waals surface area contributed by atoms with Gasteiger partial charge in [0.25, 0.3) is 0 Å². The highest BCUT2D eigenvalue weighted by Crippen LogP contribution is 2.20. The minimum absolute atomic E-state index is 0.0554. The molecule has 6 nitrogen and oxygen atoms in total. The molecular weight excluding hydrogens is 243 g/mol. The predicted molar refractivity (Wildman–Crippen MR) is 62.2 cm³/mol. The Hall–Kier alpha value is -2.31. The maximum absolute atomic E-state index is 13.3. The van der Waals surface area contributed by atoms with Crippen LogP contribution in [0.2, 0.25) is 0 Å². The summed E-state index contributed by atoms with van der Waals surface area (Å²) in [6.07, 6.45) is 0. The maximum atomic E-state index is 13.3. The molecule has 0 heterocycles. The molecule has 1 aromatic rings. The fourth-order valence-electron chi connectivity index (χ4n) is 1.17. The summed E-state index contributed by atoms with van der Waals surface area (Å²) in [7, 11) is 1.33. The number of carbonyl (C=O) groups excluding carboxylic acids is 1. The number of ether oxygens (including phenoxy) is 1. The number of halogens is 1. The lowest BCUT2D eigenvalue weighted by molar-refractivity contribution is -0.138. The van der Waals surface area contributed by atoms with Gasteiger partial charge in [-0.3, -0.25) is 4.79 Å². The van der Waals surface area contributed by atoms with Crippen molar-refractivity contribution in [3.05, 3.63) is 24.0 Å². The number of anilines is 1. The predicted octanol–water partition coefficient (Wildman–Crippen LogP) is 1.43. The number of urea groups is 1. The molecular formula is C11H13FN2O4. The molecule has 1 atom stereocenters. The summed E-state index contributed by atoms with van der Waals surface area (Å²) in [4.78, 5) is 21.9. The SMILES string of the molecule is COc1ccc(NC(=O)NC(C)C(=O)O)cc1F. The van der Waals surface area contributed by atoms with Gasteiger partial charge in [-0.1, -0.05) is 0 Å². The lowest BCUT2D eigenvalue weighted by atomic mass is 10.3. The van der Waals surface area contributed by atoms with E-state index in [0.29, 0.717) is 0 Å². The van der Waals surface area contributed by atoms with Crippen molar-refractivity contribution in [2.45, 2.75) is 13.0 Å². The van der Waals surface area contributed by atoms with Crippen LogP contribution in [0, 0.1) is 5.82 Å². The van der Waals surface area contributed by atoms with Gasteiger partial charge in [-0.2, -0.15) is 0 Å². The summed E-state index contributed by atoms with van der Waals surface area (Å²) in [6.45, 7) is 1.32. The lowest BCUT2D eigenvalue weighted by Crippen LogP contribution is -2.40. The maximum Gasteiger partial charge on any atom is 0.325 e. The molecule has 2 amide bonds. The molecule has 7 heteroatoms. The molecule has 0 aliphatic heterocycles. The van der Waals surface area contributed by atoms with Crippen LogP contribution in [0.3, 0.4) is 0 Å². The number of carboxylic acid groups (broad SMARTS) is 1. The molecule has 0 saturated heterocycles. The van der Waals surface area contributed by atoms with E-state index in [-0.39, 0.29) is 11.4 Å². The fourth-order valence-corrected chi connectivity index (χ4v) is 1.17. The highest BCUT2D eigenvalue weighted by Gasteiger charge is 2.14. The molecule has 1 aromatic carbocycles. The van der Waals surface area contributed by atoms with Crippen molar-refractivity contribution >= 4 is 17.7 Å². The third-order valence-electron chi connectivity index (χ3n) is 2.13. The van der Waals surface area contributed by atoms with Crippen LogP contribution in [-0.2, 0) is 4.79 Å². The van der Waals surface area contributed by atoms with E-state index in [9.17, 15) is 14.0 Å². The Morgan fingerprint density at radius 2 is 2.11 bits per heavy atom. The highest BCUT2D eigenvalue weighted by molar-refractivity contribution is 5.92. The number of hydrogen-bond acceptors (Lipinski definition) is 3. The standard InChI is InChI=1S/C11H13FN2O4/c1-6(10(15)16)13-11(17)14-7-3-4-9(18-2)8(12)5-7/h3-6H,1-2H3,(H,15,16)(H2,13,14,17). The second-order valence-corrected chi connectivity index (χ2v) is 3.51. The van der Waals surface area contributed by atoms with Gasteiger partial charge in [0.15, 0.2) is 11.6 Å². The Kier molecular flexibility index (Phi) is 4.47. The van der Waals surface area contributed by atoms with Crippen molar-refractivity contribution < 1.29 is 23.8 Å².